The zero-order chi connectivity index (χ0) is 25.5. The third-order valence-electron chi connectivity index (χ3n) is 5.74. The average molecular weight is 505 g/mol. The minimum Gasteiger partial charge on any atom is -0.377 e. The predicted octanol–water partition coefficient (Wildman–Crippen LogP) is 4.54. The fourth-order valence-electron chi connectivity index (χ4n) is 3.96. The van der Waals surface area contributed by atoms with Gasteiger partial charge in [0, 0.05) is 18.5 Å². The van der Waals surface area contributed by atoms with Crippen LogP contribution in [0.5, 0.6) is 0 Å². The summed E-state index contributed by atoms with van der Waals surface area (Å²) in [5.41, 5.74) is -1.77. The van der Waals surface area contributed by atoms with Crippen LogP contribution in [0.2, 0.25) is 5.02 Å². The third-order valence-corrected chi connectivity index (χ3v) is 6.05. The van der Waals surface area contributed by atoms with Gasteiger partial charge in [0.2, 0.25) is 5.91 Å². The van der Waals surface area contributed by atoms with Crippen molar-refractivity contribution < 1.29 is 22.4 Å². The molecule has 4 rings (SSSR count). The molecule has 1 aromatic heterocycles. The van der Waals surface area contributed by atoms with Crippen LogP contribution in [0.15, 0.2) is 53.8 Å². The molecule has 1 fully saturated rings. The van der Waals surface area contributed by atoms with E-state index in [-0.39, 0.29) is 47.7 Å². The highest BCUT2D eigenvalue weighted by Gasteiger charge is 2.35. The zero-order valence-electron chi connectivity index (χ0n) is 18.0. The Morgan fingerprint density at radius 3 is 2.49 bits per heavy atom. The van der Waals surface area contributed by atoms with Crippen molar-refractivity contribution in [1.29, 1.82) is 5.26 Å². The number of pyridine rings is 1. The number of hydrogen-bond donors (Lipinski definition) is 1. The lowest BCUT2D eigenvalue weighted by Gasteiger charge is -2.39. The molecular weight excluding hydrogens is 488 g/mol. The number of fused-ring (bicyclic) bond motifs is 1. The normalized spacial score (nSPS) is 13.9. The minimum atomic E-state index is -4.78. The molecule has 1 N–H and O–H groups in total. The number of benzene rings is 2. The summed E-state index contributed by atoms with van der Waals surface area (Å²) in [6.07, 6.45) is -3.64. The Bertz CT molecular complexity index is 1440. The minimum absolute atomic E-state index is 0.0338. The van der Waals surface area contributed by atoms with Gasteiger partial charge in [-0.05, 0) is 35.9 Å². The summed E-state index contributed by atoms with van der Waals surface area (Å²) in [7, 11) is 0. The van der Waals surface area contributed by atoms with Crippen LogP contribution in [0.25, 0.3) is 10.9 Å². The number of alkyl halides is 3. The van der Waals surface area contributed by atoms with Gasteiger partial charge in [-0.15, -0.1) is 0 Å². The molecule has 1 aliphatic rings. The number of aromatic nitrogens is 1. The smallest absolute Gasteiger partial charge is 0.377 e. The van der Waals surface area contributed by atoms with Gasteiger partial charge in [-0.2, -0.15) is 18.4 Å². The topological polar surface area (TPSA) is 78.1 Å². The third kappa shape index (κ3) is 4.59. The molecule has 0 aliphatic carbocycles. The summed E-state index contributed by atoms with van der Waals surface area (Å²) in [4.78, 5) is 26.5. The second-order valence-corrected chi connectivity index (χ2v) is 8.42. The quantitative estimate of drug-likeness (QED) is 0.409. The molecule has 2 heterocycles. The van der Waals surface area contributed by atoms with Crippen LogP contribution in [0.4, 0.5) is 23.2 Å². The number of likely N-dealkylation sites (tertiary alicyclic amines) is 1. The number of hydrogen-bond acceptors (Lipinski definition) is 4. The van der Waals surface area contributed by atoms with Gasteiger partial charge < -0.3 is 14.8 Å². The van der Waals surface area contributed by atoms with Crippen LogP contribution >= 0.6 is 11.6 Å². The fraction of sp³-hybridized carbons (Fsp3) is 0.208. The van der Waals surface area contributed by atoms with Crippen molar-refractivity contribution in [3.63, 3.8) is 0 Å². The maximum absolute atomic E-state index is 13.6. The predicted molar refractivity (Wildman–Crippen MR) is 123 cm³/mol. The van der Waals surface area contributed by atoms with Gasteiger partial charge >= 0.3 is 6.18 Å². The van der Waals surface area contributed by atoms with E-state index in [9.17, 15) is 32.4 Å². The van der Waals surface area contributed by atoms with E-state index in [2.05, 4.69) is 11.9 Å². The highest BCUT2D eigenvalue weighted by molar-refractivity contribution is 6.32. The molecule has 6 nitrogen and oxygen atoms in total. The van der Waals surface area contributed by atoms with Crippen molar-refractivity contribution in [2.75, 3.05) is 18.4 Å². The van der Waals surface area contributed by atoms with Gasteiger partial charge in [-0.3, -0.25) is 9.59 Å². The SMILES string of the molecule is C=CC(=O)N1CC(Nc2c(C#N)c(=O)n(Cc3ccc(F)cc3)c3cc(Cl)c(C(F)(F)F)cc23)C1. The number of amides is 1. The van der Waals surface area contributed by atoms with E-state index in [1.54, 1.807) is 6.07 Å². The number of anilines is 1. The van der Waals surface area contributed by atoms with Gasteiger partial charge in [0.15, 0.2) is 0 Å². The number of rotatable bonds is 5. The van der Waals surface area contributed by atoms with E-state index < -0.39 is 34.2 Å². The average Bonchev–Trinajstić information content (AvgIpc) is 2.78. The van der Waals surface area contributed by atoms with E-state index in [1.165, 1.54) is 29.2 Å². The lowest BCUT2D eigenvalue weighted by molar-refractivity contribution is -0.137. The molecule has 0 saturated carbocycles. The van der Waals surface area contributed by atoms with Gasteiger partial charge in [0.05, 0.1) is 34.4 Å². The summed E-state index contributed by atoms with van der Waals surface area (Å²) in [6.45, 7) is 3.71. The molecule has 1 amide bonds. The summed E-state index contributed by atoms with van der Waals surface area (Å²) in [5.74, 6) is -0.806. The molecule has 1 aliphatic heterocycles. The van der Waals surface area contributed by atoms with Crippen molar-refractivity contribution in [1.82, 2.24) is 9.47 Å². The maximum Gasteiger partial charge on any atom is 0.417 e. The maximum atomic E-state index is 13.6. The van der Waals surface area contributed by atoms with E-state index in [1.807, 2.05) is 0 Å². The van der Waals surface area contributed by atoms with Crippen LogP contribution in [0.3, 0.4) is 0 Å². The van der Waals surface area contributed by atoms with Crippen molar-refractivity contribution in [3.05, 3.63) is 86.9 Å². The van der Waals surface area contributed by atoms with Crippen LogP contribution in [-0.4, -0.2) is 34.5 Å². The lowest BCUT2D eigenvalue weighted by Crippen LogP contribution is -2.56. The number of nitrogens with one attached hydrogen (secondary N) is 1. The monoisotopic (exact) mass is 504 g/mol. The Morgan fingerprint density at radius 2 is 1.91 bits per heavy atom. The van der Waals surface area contributed by atoms with E-state index >= 15 is 0 Å². The first-order valence-corrected chi connectivity index (χ1v) is 10.7. The first-order chi connectivity index (χ1) is 16.5. The molecule has 3 aromatic rings. The molecule has 180 valence electrons. The number of carbonyl (C=O) groups is 1. The molecule has 11 heteroatoms. The molecule has 0 unspecified atom stereocenters. The van der Waals surface area contributed by atoms with Crippen molar-refractivity contribution in [2.24, 2.45) is 0 Å². The number of carbonyl (C=O) groups excluding carboxylic acids is 1. The lowest BCUT2D eigenvalue weighted by atomic mass is 10.0. The molecule has 2 aromatic carbocycles. The second-order valence-electron chi connectivity index (χ2n) is 8.02. The molecule has 0 bridgehead atoms. The molecule has 1 saturated heterocycles. The number of nitriles is 1. The van der Waals surface area contributed by atoms with Gasteiger partial charge in [-0.1, -0.05) is 30.3 Å². The van der Waals surface area contributed by atoms with Gasteiger partial charge in [-0.25, -0.2) is 4.39 Å². The highest BCUT2D eigenvalue weighted by Crippen LogP contribution is 2.39. The Balaban J connectivity index is 1.90. The van der Waals surface area contributed by atoms with E-state index in [4.69, 9.17) is 11.6 Å². The second kappa shape index (κ2) is 9.07. The summed E-state index contributed by atoms with van der Waals surface area (Å²) >= 11 is 5.95. The van der Waals surface area contributed by atoms with Crippen LogP contribution in [0, 0.1) is 17.1 Å². The number of nitrogens with zero attached hydrogens (tertiary/aromatic N) is 3. The largest absolute Gasteiger partial charge is 0.417 e. The number of halogens is 5. The van der Waals surface area contributed by atoms with Crippen molar-refractivity contribution in [2.45, 2.75) is 18.8 Å². The Morgan fingerprint density at radius 1 is 1.26 bits per heavy atom. The summed E-state index contributed by atoms with van der Waals surface area (Å²) in [6, 6.07) is 8.46. The first kappa shape index (κ1) is 24.3. The molecular formula is C24H17ClF4N4O2. The molecule has 35 heavy (non-hydrogen) atoms. The standard InChI is InChI=1S/C24H17ClF4N4O2/c1-2-21(34)32-11-15(12-32)31-22-16-7-18(24(27,28)29)19(25)8-20(16)33(23(35)17(22)9-30)10-13-3-5-14(26)6-4-13/h2-8,15,31H,1,10-12H2. The fourth-order valence-corrected chi connectivity index (χ4v) is 4.22. The Kier molecular flexibility index (Phi) is 6.30. The van der Waals surface area contributed by atoms with Gasteiger partial charge in [0.25, 0.3) is 5.56 Å². The van der Waals surface area contributed by atoms with Crippen molar-refractivity contribution >= 4 is 34.1 Å². The van der Waals surface area contributed by atoms with Gasteiger partial charge in [0.1, 0.15) is 17.4 Å². The van der Waals surface area contributed by atoms with E-state index in [0.717, 1.165) is 22.8 Å². The highest BCUT2D eigenvalue weighted by atomic mass is 35.5. The van der Waals surface area contributed by atoms with Crippen molar-refractivity contribution in [3.8, 4) is 6.07 Å². The van der Waals surface area contributed by atoms with Crippen LogP contribution < -0.4 is 10.9 Å². The first-order valence-electron chi connectivity index (χ1n) is 10.3. The molecule has 0 spiro atoms. The zero-order valence-corrected chi connectivity index (χ0v) is 18.8. The summed E-state index contributed by atoms with van der Waals surface area (Å²) < 4.78 is 55.4. The Labute approximate surface area is 201 Å². The Hall–Kier alpha value is -3.84. The van der Waals surface area contributed by atoms with E-state index in [0.29, 0.717) is 5.56 Å². The summed E-state index contributed by atoms with van der Waals surface area (Å²) in [5, 5.41) is 12.1. The molecule has 0 radical (unpaired) electrons. The van der Waals surface area contributed by atoms with Crippen LogP contribution in [0.1, 0.15) is 16.7 Å². The van der Waals surface area contributed by atoms with Crippen LogP contribution in [-0.2, 0) is 17.5 Å². The molecule has 0 atom stereocenters.